The number of hydrogen-bond donors (Lipinski definition) is 0. The highest BCUT2D eigenvalue weighted by atomic mass is 16.7. The maximum absolute atomic E-state index is 10.5. The summed E-state index contributed by atoms with van der Waals surface area (Å²) in [6.07, 6.45) is 0. The summed E-state index contributed by atoms with van der Waals surface area (Å²) in [6.45, 7) is 8.35. The fraction of sp³-hybridized carbons (Fsp3) is 0.400. The molecular weight excluding hydrogens is 334 g/mol. The molecule has 0 aliphatic carbocycles. The zero-order chi connectivity index (χ0) is 19.3. The SMILES string of the molecule is CCOc1ccc(C(C)(C)C)cc1-c1ccc(OC[N+](=O)[O-])cc1OC. The van der Waals surface area contributed by atoms with Gasteiger partial charge >= 0.3 is 6.73 Å². The van der Waals surface area contributed by atoms with Gasteiger partial charge in [0.1, 0.15) is 17.2 Å². The Balaban J connectivity index is 2.52. The van der Waals surface area contributed by atoms with Crippen molar-refractivity contribution in [3.05, 3.63) is 52.1 Å². The lowest BCUT2D eigenvalue weighted by Crippen LogP contribution is -2.11. The van der Waals surface area contributed by atoms with Crippen molar-refractivity contribution >= 4 is 0 Å². The number of nitrogens with zero attached hydrogens (tertiary/aromatic N) is 1. The number of hydrogen-bond acceptors (Lipinski definition) is 5. The van der Waals surface area contributed by atoms with Gasteiger partial charge in [-0.1, -0.05) is 26.8 Å². The number of ether oxygens (including phenoxy) is 3. The molecular formula is C20H25NO5. The first-order chi connectivity index (χ1) is 12.3. The van der Waals surface area contributed by atoms with E-state index in [0.29, 0.717) is 18.1 Å². The highest BCUT2D eigenvalue weighted by Crippen LogP contribution is 2.40. The molecule has 0 atom stereocenters. The minimum atomic E-state index is -0.591. The smallest absolute Gasteiger partial charge is 0.344 e. The van der Waals surface area contributed by atoms with Crippen LogP contribution in [-0.4, -0.2) is 25.4 Å². The fourth-order valence-corrected chi connectivity index (χ4v) is 2.60. The van der Waals surface area contributed by atoms with Crippen molar-refractivity contribution in [2.45, 2.75) is 33.1 Å². The van der Waals surface area contributed by atoms with Crippen molar-refractivity contribution in [2.75, 3.05) is 20.4 Å². The molecule has 0 radical (unpaired) electrons. The van der Waals surface area contributed by atoms with E-state index in [1.807, 2.05) is 19.1 Å². The van der Waals surface area contributed by atoms with Crippen molar-refractivity contribution in [3.63, 3.8) is 0 Å². The molecule has 2 aromatic carbocycles. The van der Waals surface area contributed by atoms with Crippen LogP contribution in [0.25, 0.3) is 11.1 Å². The second-order valence-corrected chi connectivity index (χ2v) is 6.86. The average molecular weight is 359 g/mol. The zero-order valence-corrected chi connectivity index (χ0v) is 15.9. The van der Waals surface area contributed by atoms with E-state index in [1.54, 1.807) is 19.2 Å². The number of methoxy groups -OCH3 is 1. The molecule has 0 unspecified atom stereocenters. The van der Waals surface area contributed by atoms with Gasteiger partial charge in [-0.05, 0) is 42.2 Å². The molecule has 140 valence electrons. The van der Waals surface area contributed by atoms with E-state index in [1.165, 1.54) is 5.56 Å². The topological polar surface area (TPSA) is 70.8 Å². The highest BCUT2D eigenvalue weighted by Gasteiger charge is 2.19. The first-order valence-corrected chi connectivity index (χ1v) is 8.46. The Kier molecular flexibility index (Phi) is 6.08. The molecule has 0 aromatic heterocycles. The Morgan fingerprint density at radius 1 is 1.00 bits per heavy atom. The van der Waals surface area contributed by atoms with Gasteiger partial charge in [-0.15, -0.1) is 0 Å². The molecule has 2 aromatic rings. The van der Waals surface area contributed by atoms with Gasteiger partial charge < -0.3 is 14.2 Å². The second kappa shape index (κ2) is 8.08. The first-order valence-electron chi connectivity index (χ1n) is 8.46. The van der Waals surface area contributed by atoms with E-state index in [4.69, 9.17) is 14.2 Å². The van der Waals surface area contributed by atoms with E-state index in [9.17, 15) is 10.1 Å². The number of rotatable bonds is 7. The van der Waals surface area contributed by atoms with Crippen LogP contribution < -0.4 is 14.2 Å². The van der Waals surface area contributed by atoms with Crippen LogP contribution in [0.4, 0.5) is 0 Å². The van der Waals surface area contributed by atoms with Crippen LogP contribution in [-0.2, 0) is 5.41 Å². The summed E-state index contributed by atoms with van der Waals surface area (Å²) in [5.41, 5.74) is 2.92. The van der Waals surface area contributed by atoms with Crippen molar-refractivity contribution in [3.8, 4) is 28.4 Å². The second-order valence-electron chi connectivity index (χ2n) is 6.86. The lowest BCUT2D eigenvalue weighted by molar-refractivity contribution is -0.514. The third-order valence-corrected chi connectivity index (χ3v) is 3.95. The van der Waals surface area contributed by atoms with E-state index >= 15 is 0 Å². The molecule has 0 aliphatic heterocycles. The van der Waals surface area contributed by atoms with Crippen LogP contribution in [0.5, 0.6) is 17.2 Å². The Labute approximate surface area is 153 Å². The van der Waals surface area contributed by atoms with Gasteiger partial charge in [-0.2, -0.15) is 0 Å². The van der Waals surface area contributed by atoms with Gasteiger partial charge in [0.15, 0.2) is 0 Å². The lowest BCUT2D eigenvalue weighted by atomic mass is 9.85. The average Bonchev–Trinajstić information content (AvgIpc) is 2.59. The summed E-state index contributed by atoms with van der Waals surface area (Å²) in [5.74, 6) is 1.71. The largest absolute Gasteiger partial charge is 0.496 e. The van der Waals surface area contributed by atoms with Crippen molar-refractivity contribution in [1.29, 1.82) is 0 Å². The summed E-state index contributed by atoms with van der Waals surface area (Å²) >= 11 is 0. The molecule has 26 heavy (non-hydrogen) atoms. The predicted molar refractivity (Wildman–Crippen MR) is 101 cm³/mol. The Morgan fingerprint density at radius 3 is 2.31 bits per heavy atom. The van der Waals surface area contributed by atoms with Crippen LogP contribution in [0.1, 0.15) is 33.3 Å². The molecule has 0 N–H and O–H groups in total. The molecule has 0 aliphatic rings. The quantitative estimate of drug-likeness (QED) is 0.408. The monoisotopic (exact) mass is 359 g/mol. The van der Waals surface area contributed by atoms with Gasteiger partial charge in [0.2, 0.25) is 0 Å². The summed E-state index contributed by atoms with van der Waals surface area (Å²) in [7, 11) is 1.56. The first kappa shape index (κ1) is 19.6. The maximum Gasteiger partial charge on any atom is 0.344 e. The van der Waals surface area contributed by atoms with Crippen molar-refractivity contribution < 1.29 is 19.1 Å². The minimum absolute atomic E-state index is 0.0124. The van der Waals surface area contributed by atoms with E-state index in [2.05, 4.69) is 32.9 Å². The van der Waals surface area contributed by atoms with Gasteiger partial charge in [0.05, 0.1) is 18.6 Å². The standard InChI is InChI=1S/C20H25NO5/c1-6-25-18-10-7-14(20(2,3)4)11-17(18)16-9-8-15(12-19(16)24-5)26-13-21(22)23/h7-12H,6,13H2,1-5H3. The molecule has 0 heterocycles. The Hall–Kier alpha value is -2.76. The van der Waals surface area contributed by atoms with Crippen molar-refractivity contribution in [1.82, 2.24) is 0 Å². The number of nitro groups is 1. The van der Waals surface area contributed by atoms with Crippen LogP contribution in [0, 0.1) is 10.1 Å². The summed E-state index contributed by atoms with van der Waals surface area (Å²) < 4.78 is 16.4. The fourth-order valence-electron chi connectivity index (χ4n) is 2.60. The third-order valence-electron chi connectivity index (χ3n) is 3.95. The van der Waals surface area contributed by atoms with Gasteiger partial charge in [0.25, 0.3) is 0 Å². The molecule has 6 heteroatoms. The van der Waals surface area contributed by atoms with E-state index < -0.39 is 11.7 Å². The molecule has 6 nitrogen and oxygen atoms in total. The Bertz CT molecular complexity index is 780. The van der Waals surface area contributed by atoms with Crippen LogP contribution in [0.3, 0.4) is 0 Å². The third kappa shape index (κ3) is 4.65. The summed E-state index contributed by atoms with van der Waals surface area (Å²) in [6, 6.07) is 11.3. The normalized spacial score (nSPS) is 11.1. The summed E-state index contributed by atoms with van der Waals surface area (Å²) in [5, 5.41) is 10.5. The molecule has 0 fully saturated rings. The van der Waals surface area contributed by atoms with Crippen LogP contribution in [0.2, 0.25) is 0 Å². The lowest BCUT2D eigenvalue weighted by Gasteiger charge is -2.22. The van der Waals surface area contributed by atoms with Crippen LogP contribution in [0.15, 0.2) is 36.4 Å². The van der Waals surface area contributed by atoms with Crippen molar-refractivity contribution in [2.24, 2.45) is 0 Å². The predicted octanol–water partition coefficient (Wildman–Crippen LogP) is 4.67. The maximum atomic E-state index is 10.5. The molecule has 0 saturated heterocycles. The zero-order valence-electron chi connectivity index (χ0n) is 15.9. The number of benzene rings is 2. The summed E-state index contributed by atoms with van der Waals surface area (Å²) in [4.78, 5) is 9.97. The van der Waals surface area contributed by atoms with Crippen LogP contribution >= 0.6 is 0 Å². The molecule has 0 bridgehead atoms. The highest BCUT2D eigenvalue weighted by molar-refractivity contribution is 5.77. The molecule has 0 saturated carbocycles. The molecule has 0 spiro atoms. The molecule has 0 amide bonds. The van der Waals surface area contributed by atoms with Gasteiger partial charge in [-0.25, -0.2) is 0 Å². The van der Waals surface area contributed by atoms with E-state index in [-0.39, 0.29) is 5.41 Å². The van der Waals surface area contributed by atoms with Gasteiger partial charge in [-0.3, -0.25) is 10.1 Å². The molecule has 2 rings (SSSR count). The van der Waals surface area contributed by atoms with Gasteiger partial charge in [0, 0.05) is 17.2 Å². The minimum Gasteiger partial charge on any atom is -0.496 e. The van der Waals surface area contributed by atoms with E-state index in [0.717, 1.165) is 16.9 Å². The Morgan fingerprint density at radius 2 is 1.73 bits per heavy atom.